The number of aryl methyl sites for hydroxylation is 1. The van der Waals surface area contributed by atoms with Crippen LogP contribution in [0, 0.1) is 18.8 Å². The number of para-hydroxylation sites is 1. The van der Waals surface area contributed by atoms with Crippen LogP contribution in [0.2, 0.25) is 5.02 Å². The molecule has 0 bridgehead atoms. The second kappa shape index (κ2) is 6.20. The number of urea groups is 1. The Labute approximate surface area is 130 Å². The fourth-order valence-corrected chi connectivity index (χ4v) is 3.27. The number of carbonyl (C=O) groups is 1. The molecule has 1 aromatic rings. The van der Waals surface area contributed by atoms with Crippen molar-refractivity contribution in [2.24, 2.45) is 11.8 Å². The van der Waals surface area contributed by atoms with Crippen molar-refractivity contribution in [2.45, 2.75) is 6.92 Å². The average Bonchev–Trinajstić information content (AvgIpc) is 2.94. The van der Waals surface area contributed by atoms with E-state index in [1.807, 2.05) is 24.0 Å². The highest BCUT2D eigenvalue weighted by Crippen LogP contribution is 2.29. The summed E-state index contributed by atoms with van der Waals surface area (Å²) >= 11 is 6.13. The summed E-state index contributed by atoms with van der Waals surface area (Å²) in [6.45, 7) is 5.68. The van der Waals surface area contributed by atoms with E-state index in [0.717, 1.165) is 37.4 Å². The van der Waals surface area contributed by atoms with Crippen molar-refractivity contribution in [3.05, 3.63) is 28.8 Å². The molecule has 2 aliphatic rings. The standard InChI is InChI=1S/C14H18ClN3O.ClH/c1-9-3-2-4-12(15)13(9)17-14(19)18-7-10-5-16-6-11(10)8-18;/h2-4,10-11,16H,5-8H2,1H3,(H,17,19);1H/t10-,11+;. The van der Waals surface area contributed by atoms with Gasteiger partial charge in [-0.2, -0.15) is 0 Å². The Morgan fingerprint density at radius 2 is 2.00 bits per heavy atom. The van der Waals surface area contributed by atoms with Crippen LogP contribution < -0.4 is 10.6 Å². The zero-order valence-electron chi connectivity index (χ0n) is 11.4. The third-order valence-corrected chi connectivity index (χ3v) is 4.45. The van der Waals surface area contributed by atoms with E-state index in [9.17, 15) is 4.79 Å². The van der Waals surface area contributed by atoms with Crippen molar-refractivity contribution in [3.8, 4) is 0 Å². The molecule has 0 aliphatic carbocycles. The lowest BCUT2D eigenvalue weighted by Crippen LogP contribution is -2.35. The molecule has 20 heavy (non-hydrogen) atoms. The quantitative estimate of drug-likeness (QED) is 0.837. The van der Waals surface area contributed by atoms with Gasteiger partial charge in [-0.3, -0.25) is 0 Å². The summed E-state index contributed by atoms with van der Waals surface area (Å²) in [4.78, 5) is 14.2. The lowest BCUT2D eigenvalue weighted by atomic mass is 10.0. The van der Waals surface area contributed by atoms with E-state index in [0.29, 0.717) is 16.9 Å². The zero-order valence-corrected chi connectivity index (χ0v) is 12.9. The molecule has 6 heteroatoms. The Balaban J connectivity index is 0.00000147. The molecule has 0 spiro atoms. The topological polar surface area (TPSA) is 44.4 Å². The summed E-state index contributed by atoms with van der Waals surface area (Å²) in [5.41, 5.74) is 1.71. The first-order valence-corrected chi connectivity index (χ1v) is 7.04. The number of amides is 2. The molecule has 110 valence electrons. The predicted molar refractivity (Wildman–Crippen MR) is 83.9 cm³/mol. The normalized spacial score (nSPS) is 24.2. The van der Waals surface area contributed by atoms with Crippen LogP contribution in [0.15, 0.2) is 18.2 Å². The molecule has 2 saturated heterocycles. The summed E-state index contributed by atoms with van der Waals surface area (Å²) in [6.07, 6.45) is 0. The second-order valence-electron chi connectivity index (χ2n) is 5.45. The number of nitrogens with one attached hydrogen (secondary N) is 2. The molecule has 0 aromatic heterocycles. The van der Waals surface area contributed by atoms with E-state index < -0.39 is 0 Å². The lowest BCUT2D eigenvalue weighted by molar-refractivity contribution is 0.219. The highest BCUT2D eigenvalue weighted by atomic mass is 35.5. The first-order chi connectivity index (χ1) is 9.15. The number of hydrogen-bond donors (Lipinski definition) is 2. The van der Waals surface area contributed by atoms with Crippen molar-refractivity contribution < 1.29 is 4.79 Å². The van der Waals surface area contributed by atoms with E-state index in [-0.39, 0.29) is 18.4 Å². The maximum Gasteiger partial charge on any atom is 0.321 e. The number of benzene rings is 1. The van der Waals surface area contributed by atoms with Gasteiger partial charge < -0.3 is 15.5 Å². The molecule has 2 amide bonds. The summed E-state index contributed by atoms with van der Waals surface area (Å²) in [5, 5.41) is 6.91. The van der Waals surface area contributed by atoms with E-state index in [4.69, 9.17) is 11.6 Å². The molecule has 3 rings (SSSR count). The van der Waals surface area contributed by atoms with Crippen molar-refractivity contribution in [1.82, 2.24) is 10.2 Å². The SMILES string of the molecule is Cc1cccc(Cl)c1NC(=O)N1C[C@H]2CNC[C@H]2C1.Cl. The summed E-state index contributed by atoms with van der Waals surface area (Å²) < 4.78 is 0. The molecule has 2 heterocycles. The minimum atomic E-state index is -0.0365. The van der Waals surface area contributed by atoms with Gasteiger partial charge in [0.15, 0.2) is 0 Å². The third kappa shape index (κ3) is 2.87. The maximum atomic E-state index is 12.3. The fraction of sp³-hybridized carbons (Fsp3) is 0.500. The molecular weight excluding hydrogens is 297 g/mol. The predicted octanol–water partition coefficient (Wildman–Crippen LogP) is 2.75. The number of carbonyl (C=O) groups excluding carboxylic acids is 1. The van der Waals surface area contributed by atoms with Gasteiger partial charge in [-0.15, -0.1) is 12.4 Å². The van der Waals surface area contributed by atoms with E-state index in [2.05, 4.69) is 10.6 Å². The van der Waals surface area contributed by atoms with Crippen LogP contribution in [0.3, 0.4) is 0 Å². The van der Waals surface area contributed by atoms with Gasteiger partial charge in [0, 0.05) is 26.2 Å². The van der Waals surface area contributed by atoms with Gasteiger partial charge >= 0.3 is 6.03 Å². The van der Waals surface area contributed by atoms with Crippen molar-refractivity contribution >= 4 is 35.7 Å². The monoisotopic (exact) mass is 315 g/mol. The smallest absolute Gasteiger partial charge is 0.321 e. The third-order valence-electron chi connectivity index (χ3n) is 4.13. The van der Waals surface area contributed by atoms with Crippen LogP contribution in [0.5, 0.6) is 0 Å². The number of hydrogen-bond acceptors (Lipinski definition) is 2. The fourth-order valence-electron chi connectivity index (χ4n) is 3.00. The van der Waals surface area contributed by atoms with Crippen molar-refractivity contribution in [2.75, 3.05) is 31.5 Å². The van der Waals surface area contributed by atoms with Gasteiger partial charge in [-0.25, -0.2) is 4.79 Å². The van der Waals surface area contributed by atoms with Crippen LogP contribution in [0.25, 0.3) is 0 Å². The van der Waals surface area contributed by atoms with Gasteiger partial charge in [-0.05, 0) is 30.4 Å². The van der Waals surface area contributed by atoms with Crippen LogP contribution in [-0.2, 0) is 0 Å². The van der Waals surface area contributed by atoms with E-state index >= 15 is 0 Å². The van der Waals surface area contributed by atoms with E-state index in [1.165, 1.54) is 0 Å². The van der Waals surface area contributed by atoms with Crippen molar-refractivity contribution in [1.29, 1.82) is 0 Å². The molecule has 1 aromatic carbocycles. The zero-order chi connectivity index (χ0) is 13.4. The number of anilines is 1. The Hall–Kier alpha value is -0.970. The van der Waals surface area contributed by atoms with Gasteiger partial charge in [0.2, 0.25) is 0 Å². The number of fused-ring (bicyclic) bond motifs is 1. The molecule has 2 aliphatic heterocycles. The summed E-state index contributed by atoms with van der Waals surface area (Å²) in [6, 6.07) is 5.60. The maximum absolute atomic E-state index is 12.3. The molecule has 0 saturated carbocycles. The lowest BCUT2D eigenvalue weighted by Gasteiger charge is -2.19. The highest BCUT2D eigenvalue weighted by molar-refractivity contribution is 6.33. The first-order valence-electron chi connectivity index (χ1n) is 6.67. The van der Waals surface area contributed by atoms with Gasteiger partial charge in [-0.1, -0.05) is 23.7 Å². The number of likely N-dealkylation sites (tertiary alicyclic amines) is 1. The largest absolute Gasteiger partial charge is 0.324 e. The van der Waals surface area contributed by atoms with Crippen LogP contribution in [0.4, 0.5) is 10.5 Å². The summed E-state index contributed by atoms with van der Waals surface area (Å²) in [7, 11) is 0. The van der Waals surface area contributed by atoms with Gasteiger partial charge in [0.25, 0.3) is 0 Å². The number of nitrogens with zero attached hydrogens (tertiary/aromatic N) is 1. The molecule has 2 atom stereocenters. The summed E-state index contributed by atoms with van der Waals surface area (Å²) in [5.74, 6) is 1.22. The van der Waals surface area contributed by atoms with Gasteiger partial charge in [0.1, 0.15) is 0 Å². The first kappa shape index (κ1) is 15.4. The molecule has 2 N–H and O–H groups in total. The van der Waals surface area contributed by atoms with Crippen LogP contribution in [0.1, 0.15) is 5.56 Å². The second-order valence-corrected chi connectivity index (χ2v) is 5.85. The highest BCUT2D eigenvalue weighted by Gasteiger charge is 2.38. The molecule has 0 radical (unpaired) electrons. The Morgan fingerprint density at radius 1 is 1.35 bits per heavy atom. The molecule has 4 nitrogen and oxygen atoms in total. The minimum absolute atomic E-state index is 0. The van der Waals surface area contributed by atoms with Crippen LogP contribution >= 0.6 is 24.0 Å². The Morgan fingerprint density at radius 3 is 2.60 bits per heavy atom. The minimum Gasteiger partial charge on any atom is -0.324 e. The molecular formula is C14H19Cl2N3O. The molecule has 2 fully saturated rings. The number of halogens is 2. The van der Waals surface area contributed by atoms with Gasteiger partial charge in [0.05, 0.1) is 10.7 Å². The van der Waals surface area contributed by atoms with E-state index in [1.54, 1.807) is 6.07 Å². The molecule has 0 unspecified atom stereocenters. The Bertz CT molecular complexity index is 477. The average molecular weight is 316 g/mol. The van der Waals surface area contributed by atoms with Crippen LogP contribution in [-0.4, -0.2) is 37.1 Å². The number of rotatable bonds is 1. The Kier molecular flexibility index (Phi) is 4.78. The van der Waals surface area contributed by atoms with Crippen molar-refractivity contribution in [3.63, 3.8) is 0 Å².